The van der Waals surface area contributed by atoms with Crippen LogP contribution in [0, 0.1) is 0 Å². The predicted octanol–water partition coefficient (Wildman–Crippen LogP) is 2.16. The Kier molecular flexibility index (Phi) is 7.30. The van der Waals surface area contributed by atoms with Gasteiger partial charge in [0.2, 0.25) is 0 Å². The second-order valence-electron chi connectivity index (χ2n) is 5.65. The van der Waals surface area contributed by atoms with Crippen molar-refractivity contribution in [2.75, 3.05) is 14.2 Å². The maximum atomic E-state index is 12.3. The SMILES string of the molecule is COC=C(C(=O)OC)c1ccccc1C(=NOC(C)=O)c1nccc(C(C)=O)n1. The first-order chi connectivity index (χ1) is 13.9. The van der Waals surface area contributed by atoms with Gasteiger partial charge in [0.05, 0.1) is 20.5 Å². The molecular formula is C20H19N3O6. The zero-order valence-corrected chi connectivity index (χ0v) is 16.3. The summed E-state index contributed by atoms with van der Waals surface area (Å²) in [4.78, 5) is 48.4. The van der Waals surface area contributed by atoms with Gasteiger partial charge in [0, 0.05) is 31.2 Å². The average molecular weight is 397 g/mol. The molecule has 150 valence electrons. The van der Waals surface area contributed by atoms with Crippen LogP contribution in [-0.2, 0) is 23.9 Å². The molecule has 2 rings (SSSR count). The molecular weight excluding hydrogens is 378 g/mol. The Morgan fingerprint density at radius 1 is 1.03 bits per heavy atom. The quantitative estimate of drug-likeness (QED) is 0.133. The zero-order chi connectivity index (χ0) is 21.4. The van der Waals surface area contributed by atoms with Crippen LogP contribution < -0.4 is 0 Å². The van der Waals surface area contributed by atoms with E-state index in [1.54, 1.807) is 24.3 Å². The number of Topliss-reactive ketones (excluding diaryl/α,β-unsaturated/α-hetero) is 1. The van der Waals surface area contributed by atoms with Gasteiger partial charge in [0.1, 0.15) is 11.3 Å². The summed E-state index contributed by atoms with van der Waals surface area (Å²) in [6.07, 6.45) is 2.61. The molecule has 0 unspecified atom stereocenters. The molecule has 9 heteroatoms. The van der Waals surface area contributed by atoms with Crippen molar-refractivity contribution in [1.29, 1.82) is 0 Å². The van der Waals surface area contributed by atoms with Gasteiger partial charge in [0.15, 0.2) is 17.3 Å². The topological polar surface area (TPSA) is 117 Å². The number of ether oxygens (including phenoxy) is 2. The van der Waals surface area contributed by atoms with Gasteiger partial charge in [-0.05, 0) is 6.07 Å². The third-order valence-electron chi connectivity index (χ3n) is 3.61. The Hall–Kier alpha value is -3.88. The normalized spacial score (nSPS) is 11.6. The number of hydrogen-bond acceptors (Lipinski definition) is 9. The number of ketones is 1. The van der Waals surface area contributed by atoms with Crippen molar-refractivity contribution in [3.8, 4) is 0 Å². The van der Waals surface area contributed by atoms with Crippen molar-refractivity contribution in [3.63, 3.8) is 0 Å². The molecule has 0 aliphatic carbocycles. The van der Waals surface area contributed by atoms with E-state index in [2.05, 4.69) is 15.1 Å². The molecule has 1 heterocycles. The minimum Gasteiger partial charge on any atom is -0.503 e. The number of oxime groups is 1. The van der Waals surface area contributed by atoms with Gasteiger partial charge in [-0.2, -0.15) is 0 Å². The van der Waals surface area contributed by atoms with Gasteiger partial charge in [-0.15, -0.1) is 0 Å². The molecule has 1 aromatic heterocycles. The summed E-state index contributed by atoms with van der Waals surface area (Å²) in [6, 6.07) is 8.11. The fourth-order valence-corrected chi connectivity index (χ4v) is 2.36. The van der Waals surface area contributed by atoms with Crippen LogP contribution in [-0.4, -0.2) is 47.6 Å². The fourth-order valence-electron chi connectivity index (χ4n) is 2.36. The first kappa shape index (κ1) is 21.4. The van der Waals surface area contributed by atoms with Crippen LogP contribution in [0.4, 0.5) is 0 Å². The van der Waals surface area contributed by atoms with E-state index >= 15 is 0 Å². The summed E-state index contributed by atoms with van der Waals surface area (Å²) in [7, 11) is 2.63. The highest BCUT2D eigenvalue weighted by molar-refractivity contribution is 6.22. The van der Waals surface area contributed by atoms with Crippen LogP contribution in [0.25, 0.3) is 5.57 Å². The Morgan fingerprint density at radius 3 is 2.31 bits per heavy atom. The number of rotatable bonds is 7. The number of carbonyl (C=O) groups excluding carboxylic acids is 3. The minimum absolute atomic E-state index is 0.0352. The Morgan fingerprint density at radius 2 is 1.72 bits per heavy atom. The van der Waals surface area contributed by atoms with Crippen molar-refractivity contribution in [1.82, 2.24) is 9.97 Å². The number of carbonyl (C=O) groups is 3. The van der Waals surface area contributed by atoms with Crippen molar-refractivity contribution in [2.45, 2.75) is 13.8 Å². The van der Waals surface area contributed by atoms with Gasteiger partial charge < -0.3 is 14.3 Å². The number of methoxy groups -OCH3 is 2. The zero-order valence-electron chi connectivity index (χ0n) is 16.3. The lowest BCUT2D eigenvalue weighted by atomic mass is 9.96. The monoisotopic (exact) mass is 397 g/mol. The molecule has 2 aromatic rings. The lowest BCUT2D eigenvalue weighted by Gasteiger charge is -2.13. The third-order valence-corrected chi connectivity index (χ3v) is 3.61. The van der Waals surface area contributed by atoms with Gasteiger partial charge in [-0.25, -0.2) is 19.6 Å². The molecule has 0 fully saturated rings. The standard InChI is InChI=1S/C20H19N3O6/c1-12(24)17-9-10-21-19(22-17)18(23-29-13(2)25)15-8-6-5-7-14(15)16(11-27-3)20(26)28-4/h5-11H,1-4H3. The largest absolute Gasteiger partial charge is 0.503 e. The van der Waals surface area contributed by atoms with Gasteiger partial charge in [-0.3, -0.25) is 4.79 Å². The molecule has 0 bridgehead atoms. The minimum atomic E-state index is -0.664. The van der Waals surface area contributed by atoms with Crippen molar-refractivity contribution >= 4 is 29.0 Å². The summed E-state index contributed by atoms with van der Waals surface area (Å²) in [5.74, 6) is -1.55. The molecule has 0 amide bonds. The maximum Gasteiger partial charge on any atom is 0.341 e. The van der Waals surface area contributed by atoms with Crippen molar-refractivity contribution in [2.24, 2.45) is 5.16 Å². The molecule has 0 saturated heterocycles. The molecule has 0 aliphatic heterocycles. The molecule has 1 aromatic carbocycles. The Bertz CT molecular complexity index is 997. The molecule has 0 radical (unpaired) electrons. The number of hydrogen-bond donors (Lipinski definition) is 0. The molecule has 29 heavy (non-hydrogen) atoms. The first-order valence-corrected chi connectivity index (χ1v) is 8.40. The van der Waals surface area contributed by atoms with E-state index in [4.69, 9.17) is 14.3 Å². The van der Waals surface area contributed by atoms with Gasteiger partial charge in [0.25, 0.3) is 0 Å². The molecule has 0 atom stereocenters. The highest BCUT2D eigenvalue weighted by Crippen LogP contribution is 2.23. The van der Waals surface area contributed by atoms with Gasteiger partial charge in [-0.1, -0.05) is 29.4 Å². The van der Waals surface area contributed by atoms with E-state index in [0.717, 1.165) is 0 Å². The summed E-state index contributed by atoms with van der Waals surface area (Å²) in [6.45, 7) is 2.55. The Labute approximate surface area is 167 Å². The molecule has 0 spiro atoms. The van der Waals surface area contributed by atoms with E-state index in [1.807, 2.05) is 0 Å². The summed E-state index contributed by atoms with van der Waals surface area (Å²) >= 11 is 0. The summed E-state index contributed by atoms with van der Waals surface area (Å²) in [5, 5.41) is 3.86. The molecule has 0 aliphatic rings. The second kappa shape index (κ2) is 9.88. The molecule has 0 saturated carbocycles. The number of benzene rings is 1. The smallest absolute Gasteiger partial charge is 0.341 e. The van der Waals surface area contributed by atoms with Crippen molar-refractivity contribution in [3.05, 3.63) is 65.4 Å². The number of esters is 1. The predicted molar refractivity (Wildman–Crippen MR) is 103 cm³/mol. The van der Waals surface area contributed by atoms with Crippen LogP contribution in [0.2, 0.25) is 0 Å². The summed E-state index contributed by atoms with van der Waals surface area (Å²) in [5.41, 5.74) is 1.05. The van der Waals surface area contributed by atoms with E-state index in [9.17, 15) is 14.4 Å². The van der Waals surface area contributed by atoms with Crippen LogP contribution in [0.1, 0.15) is 41.3 Å². The van der Waals surface area contributed by atoms with E-state index in [-0.39, 0.29) is 28.6 Å². The van der Waals surface area contributed by atoms with Crippen LogP contribution in [0.5, 0.6) is 0 Å². The average Bonchev–Trinajstić information content (AvgIpc) is 2.72. The lowest BCUT2D eigenvalue weighted by molar-refractivity contribution is -0.141. The first-order valence-electron chi connectivity index (χ1n) is 8.40. The number of nitrogens with zero attached hydrogens (tertiary/aromatic N) is 3. The fraction of sp³-hybridized carbons (Fsp3) is 0.200. The van der Waals surface area contributed by atoms with Crippen LogP contribution in [0.15, 0.2) is 47.9 Å². The van der Waals surface area contributed by atoms with E-state index in [1.165, 1.54) is 46.6 Å². The number of aromatic nitrogens is 2. The Balaban J connectivity index is 2.74. The van der Waals surface area contributed by atoms with Gasteiger partial charge >= 0.3 is 11.9 Å². The van der Waals surface area contributed by atoms with Crippen molar-refractivity contribution < 1.29 is 28.7 Å². The molecule has 0 N–H and O–H groups in total. The van der Waals surface area contributed by atoms with E-state index in [0.29, 0.717) is 11.1 Å². The summed E-state index contributed by atoms with van der Waals surface area (Å²) < 4.78 is 9.83. The maximum absolute atomic E-state index is 12.3. The van der Waals surface area contributed by atoms with Crippen LogP contribution >= 0.6 is 0 Å². The second-order valence-corrected chi connectivity index (χ2v) is 5.65. The lowest BCUT2D eigenvalue weighted by Crippen LogP contribution is -2.16. The highest BCUT2D eigenvalue weighted by atomic mass is 16.7. The highest BCUT2D eigenvalue weighted by Gasteiger charge is 2.23. The van der Waals surface area contributed by atoms with Crippen LogP contribution in [0.3, 0.4) is 0 Å². The third kappa shape index (κ3) is 5.32. The molecule has 9 nitrogen and oxygen atoms in total. The van der Waals surface area contributed by atoms with E-state index < -0.39 is 11.9 Å².